The van der Waals surface area contributed by atoms with Gasteiger partial charge in [0.2, 0.25) is 11.8 Å². The molecule has 2 heterocycles. The minimum atomic E-state index is -0.753. The molecule has 3 aromatic rings. The van der Waals surface area contributed by atoms with Gasteiger partial charge < -0.3 is 19.7 Å². The molecule has 0 fully saturated rings. The van der Waals surface area contributed by atoms with Crippen molar-refractivity contribution < 1.29 is 18.6 Å². The zero-order valence-electron chi connectivity index (χ0n) is 14.7. The Labute approximate surface area is 159 Å². The summed E-state index contributed by atoms with van der Waals surface area (Å²) in [6.07, 6.45) is -0.0161. The van der Waals surface area contributed by atoms with Crippen LogP contribution >= 0.6 is 11.6 Å². The summed E-state index contributed by atoms with van der Waals surface area (Å²) >= 11 is 5.86. The van der Waals surface area contributed by atoms with Gasteiger partial charge in [0.05, 0.1) is 12.1 Å². The summed E-state index contributed by atoms with van der Waals surface area (Å²) in [6.45, 7) is 3.28. The molecule has 2 aromatic heterocycles. The van der Waals surface area contributed by atoms with Gasteiger partial charge in [0.1, 0.15) is 11.8 Å². The molecule has 3 rings (SSSR count). The fourth-order valence-corrected chi connectivity index (χ4v) is 2.45. The summed E-state index contributed by atoms with van der Waals surface area (Å²) in [5.41, 5.74) is 1.26. The van der Waals surface area contributed by atoms with Gasteiger partial charge in [0, 0.05) is 22.7 Å². The number of carbonyl (C=O) groups excluding carboxylic acids is 2. The van der Waals surface area contributed by atoms with Crippen LogP contribution in [0.1, 0.15) is 18.4 Å². The standard InChI is InChI=1S/C18H17ClN4O4/c1-10-7-16(23-26-10)21-18(25)11(2)20-17(24)9-14-8-15(27-22-14)12-3-5-13(19)6-4-12/h3-8,11H,9H2,1-2H3,(H,20,24)(H,21,23,25)/t11-/m1/s1. The zero-order valence-corrected chi connectivity index (χ0v) is 15.4. The van der Waals surface area contributed by atoms with Crippen LogP contribution in [-0.4, -0.2) is 28.2 Å². The van der Waals surface area contributed by atoms with Crippen LogP contribution in [0.15, 0.2) is 45.4 Å². The SMILES string of the molecule is Cc1cc(NC(=O)[C@@H](C)NC(=O)Cc2cc(-c3ccc(Cl)cc3)on2)no1. The van der Waals surface area contributed by atoms with Crippen molar-refractivity contribution in [1.29, 1.82) is 0 Å². The molecule has 0 spiro atoms. The topological polar surface area (TPSA) is 110 Å². The lowest BCUT2D eigenvalue weighted by Gasteiger charge is -2.12. The maximum Gasteiger partial charge on any atom is 0.247 e. The van der Waals surface area contributed by atoms with Crippen molar-refractivity contribution in [2.24, 2.45) is 0 Å². The van der Waals surface area contributed by atoms with Gasteiger partial charge >= 0.3 is 0 Å². The Balaban J connectivity index is 1.54. The smallest absolute Gasteiger partial charge is 0.247 e. The maximum atomic E-state index is 12.1. The average molecular weight is 389 g/mol. The highest BCUT2D eigenvalue weighted by Gasteiger charge is 2.18. The number of halogens is 1. The van der Waals surface area contributed by atoms with E-state index >= 15 is 0 Å². The fourth-order valence-electron chi connectivity index (χ4n) is 2.33. The Morgan fingerprint density at radius 2 is 1.89 bits per heavy atom. The van der Waals surface area contributed by atoms with Crippen LogP contribution < -0.4 is 10.6 Å². The van der Waals surface area contributed by atoms with Crippen LogP contribution in [0.2, 0.25) is 5.02 Å². The Bertz CT molecular complexity index is 948. The average Bonchev–Trinajstić information content (AvgIpc) is 3.24. The molecule has 2 amide bonds. The summed E-state index contributed by atoms with van der Waals surface area (Å²) in [7, 11) is 0. The van der Waals surface area contributed by atoms with Gasteiger partial charge in [-0.25, -0.2) is 0 Å². The second kappa shape index (κ2) is 8.05. The monoisotopic (exact) mass is 388 g/mol. The number of nitrogens with zero attached hydrogens (tertiary/aromatic N) is 2. The van der Waals surface area contributed by atoms with Gasteiger partial charge in [-0.1, -0.05) is 21.9 Å². The number of rotatable bonds is 6. The highest BCUT2D eigenvalue weighted by Crippen LogP contribution is 2.22. The van der Waals surface area contributed by atoms with Crippen molar-refractivity contribution in [1.82, 2.24) is 15.6 Å². The van der Waals surface area contributed by atoms with E-state index in [2.05, 4.69) is 20.9 Å². The third kappa shape index (κ3) is 4.95. The van der Waals surface area contributed by atoms with Crippen LogP contribution in [0.4, 0.5) is 5.82 Å². The second-order valence-electron chi connectivity index (χ2n) is 5.97. The van der Waals surface area contributed by atoms with Gasteiger partial charge in [-0.2, -0.15) is 0 Å². The highest BCUT2D eigenvalue weighted by atomic mass is 35.5. The second-order valence-corrected chi connectivity index (χ2v) is 6.40. The van der Waals surface area contributed by atoms with E-state index < -0.39 is 11.9 Å². The summed E-state index contributed by atoms with van der Waals surface area (Å²) < 4.78 is 10.1. The normalized spacial score (nSPS) is 11.8. The van der Waals surface area contributed by atoms with Crippen LogP contribution in [0.3, 0.4) is 0 Å². The number of hydrogen-bond acceptors (Lipinski definition) is 6. The van der Waals surface area contributed by atoms with Crippen molar-refractivity contribution >= 4 is 29.2 Å². The molecular formula is C18H17ClN4O4. The largest absolute Gasteiger partial charge is 0.360 e. The molecule has 2 N–H and O–H groups in total. The molecule has 0 bridgehead atoms. The first-order valence-electron chi connectivity index (χ1n) is 8.16. The van der Waals surface area contributed by atoms with E-state index in [0.717, 1.165) is 5.56 Å². The number of benzene rings is 1. The zero-order chi connectivity index (χ0) is 19.4. The van der Waals surface area contributed by atoms with E-state index in [1.165, 1.54) is 0 Å². The number of amides is 2. The van der Waals surface area contributed by atoms with E-state index in [4.69, 9.17) is 20.6 Å². The van der Waals surface area contributed by atoms with Crippen molar-refractivity contribution in [2.45, 2.75) is 26.3 Å². The molecule has 1 aromatic carbocycles. The van der Waals surface area contributed by atoms with E-state index in [0.29, 0.717) is 28.1 Å². The molecule has 0 aliphatic heterocycles. The fraction of sp³-hybridized carbons (Fsp3) is 0.222. The molecule has 8 nitrogen and oxygen atoms in total. The molecule has 27 heavy (non-hydrogen) atoms. The summed E-state index contributed by atoms with van der Waals surface area (Å²) in [6, 6.07) is 9.57. The first kappa shape index (κ1) is 18.7. The Kier molecular flexibility index (Phi) is 5.56. The minimum absolute atomic E-state index is 0.0161. The lowest BCUT2D eigenvalue weighted by molar-refractivity contribution is -0.125. The molecule has 0 aliphatic rings. The molecular weight excluding hydrogens is 372 g/mol. The van der Waals surface area contributed by atoms with Gasteiger partial charge in [0.25, 0.3) is 0 Å². The summed E-state index contributed by atoms with van der Waals surface area (Å²) in [4.78, 5) is 24.2. The third-order valence-corrected chi connectivity index (χ3v) is 3.93. The lowest BCUT2D eigenvalue weighted by atomic mass is 10.1. The number of carbonyl (C=O) groups is 2. The Morgan fingerprint density at radius 1 is 1.15 bits per heavy atom. The number of hydrogen-bond donors (Lipinski definition) is 2. The van der Waals surface area contributed by atoms with E-state index in [9.17, 15) is 9.59 Å². The maximum absolute atomic E-state index is 12.1. The minimum Gasteiger partial charge on any atom is -0.360 e. The van der Waals surface area contributed by atoms with Crippen LogP contribution in [0.5, 0.6) is 0 Å². The first-order valence-corrected chi connectivity index (χ1v) is 8.53. The first-order chi connectivity index (χ1) is 12.9. The molecule has 0 saturated heterocycles. The summed E-state index contributed by atoms with van der Waals surface area (Å²) in [5, 5.41) is 13.3. The quantitative estimate of drug-likeness (QED) is 0.671. The molecule has 1 atom stereocenters. The van der Waals surface area contributed by atoms with Crippen molar-refractivity contribution in [2.75, 3.05) is 5.32 Å². The van der Waals surface area contributed by atoms with Crippen molar-refractivity contribution in [3.8, 4) is 11.3 Å². The van der Waals surface area contributed by atoms with Crippen LogP contribution in [0.25, 0.3) is 11.3 Å². The molecule has 140 valence electrons. The van der Waals surface area contributed by atoms with Gasteiger partial charge in [-0.05, 0) is 38.1 Å². The number of aromatic nitrogens is 2. The van der Waals surface area contributed by atoms with Crippen molar-refractivity contribution in [3.05, 3.63) is 52.9 Å². The number of anilines is 1. The van der Waals surface area contributed by atoms with Crippen LogP contribution in [0, 0.1) is 6.92 Å². The Morgan fingerprint density at radius 3 is 2.56 bits per heavy atom. The molecule has 9 heteroatoms. The lowest BCUT2D eigenvalue weighted by Crippen LogP contribution is -2.42. The number of nitrogens with one attached hydrogen (secondary N) is 2. The molecule has 0 saturated carbocycles. The molecule has 0 unspecified atom stereocenters. The van der Waals surface area contributed by atoms with E-state index in [-0.39, 0.29) is 12.3 Å². The Hall–Kier alpha value is -3.13. The third-order valence-electron chi connectivity index (χ3n) is 3.68. The predicted octanol–water partition coefficient (Wildman–Crippen LogP) is 2.98. The van der Waals surface area contributed by atoms with Gasteiger partial charge in [-0.15, -0.1) is 0 Å². The summed E-state index contributed by atoms with van der Waals surface area (Å²) in [5.74, 6) is 0.637. The predicted molar refractivity (Wildman–Crippen MR) is 98.1 cm³/mol. The van der Waals surface area contributed by atoms with Crippen LogP contribution in [-0.2, 0) is 16.0 Å². The van der Waals surface area contributed by atoms with E-state index in [1.54, 1.807) is 50.2 Å². The molecule has 0 radical (unpaired) electrons. The van der Waals surface area contributed by atoms with Crippen molar-refractivity contribution in [3.63, 3.8) is 0 Å². The van der Waals surface area contributed by atoms with E-state index in [1.807, 2.05) is 0 Å². The van der Waals surface area contributed by atoms with Gasteiger partial charge in [0.15, 0.2) is 11.6 Å². The molecule has 0 aliphatic carbocycles. The highest BCUT2D eigenvalue weighted by molar-refractivity contribution is 6.30. The van der Waals surface area contributed by atoms with Gasteiger partial charge in [-0.3, -0.25) is 9.59 Å². The number of aryl methyl sites for hydroxylation is 1.